The average Bonchev–Trinajstić information content (AvgIpc) is 2.82. The van der Waals surface area contributed by atoms with E-state index in [1.54, 1.807) is 25.3 Å². The number of nitrogen functional groups attached to an aromatic ring is 1. The maximum absolute atomic E-state index is 12.1. The number of nitrogens with two attached hydrogens (primary N) is 1. The number of amides is 1. The molecule has 0 unspecified atom stereocenters. The van der Waals surface area contributed by atoms with Crippen molar-refractivity contribution in [1.82, 2.24) is 4.90 Å². The minimum Gasteiger partial charge on any atom is -0.495 e. The third kappa shape index (κ3) is 1.96. The topological polar surface area (TPSA) is 55.6 Å². The summed E-state index contributed by atoms with van der Waals surface area (Å²) in [6.45, 7) is 1.71. The number of rotatable bonds is 2. The molecule has 0 atom stereocenters. The molecule has 0 spiro atoms. The third-order valence-corrected chi connectivity index (χ3v) is 2.87. The summed E-state index contributed by atoms with van der Waals surface area (Å²) in [4.78, 5) is 13.9. The van der Waals surface area contributed by atoms with Crippen LogP contribution in [-0.4, -0.2) is 31.0 Å². The summed E-state index contributed by atoms with van der Waals surface area (Å²) >= 11 is 0. The van der Waals surface area contributed by atoms with E-state index in [-0.39, 0.29) is 5.91 Å². The van der Waals surface area contributed by atoms with Crippen LogP contribution in [0.25, 0.3) is 0 Å². The van der Waals surface area contributed by atoms with Gasteiger partial charge in [0.2, 0.25) is 0 Å². The van der Waals surface area contributed by atoms with Gasteiger partial charge in [0.25, 0.3) is 5.91 Å². The van der Waals surface area contributed by atoms with Gasteiger partial charge < -0.3 is 15.4 Å². The Morgan fingerprint density at radius 2 is 2.06 bits per heavy atom. The van der Waals surface area contributed by atoms with Crippen LogP contribution in [-0.2, 0) is 0 Å². The SMILES string of the molecule is COc1cc(C(=O)N2CCCC2)ccc1N. The minimum atomic E-state index is 0.0656. The maximum atomic E-state index is 12.1. The summed E-state index contributed by atoms with van der Waals surface area (Å²) in [6, 6.07) is 5.16. The highest BCUT2D eigenvalue weighted by Gasteiger charge is 2.20. The number of benzene rings is 1. The molecule has 1 aliphatic rings. The second kappa shape index (κ2) is 4.43. The van der Waals surface area contributed by atoms with E-state index < -0.39 is 0 Å². The zero-order valence-electron chi connectivity index (χ0n) is 9.40. The van der Waals surface area contributed by atoms with Crippen molar-refractivity contribution in [2.75, 3.05) is 25.9 Å². The lowest BCUT2D eigenvalue weighted by molar-refractivity contribution is 0.0792. The molecule has 0 bridgehead atoms. The first-order valence-corrected chi connectivity index (χ1v) is 5.45. The van der Waals surface area contributed by atoms with Crippen LogP contribution in [0.3, 0.4) is 0 Å². The van der Waals surface area contributed by atoms with Crippen molar-refractivity contribution in [2.24, 2.45) is 0 Å². The molecule has 0 aromatic heterocycles. The fraction of sp³-hybridized carbons (Fsp3) is 0.417. The van der Waals surface area contributed by atoms with E-state index in [0.717, 1.165) is 25.9 Å². The van der Waals surface area contributed by atoms with E-state index >= 15 is 0 Å². The van der Waals surface area contributed by atoms with Crippen LogP contribution in [0.1, 0.15) is 23.2 Å². The molecule has 16 heavy (non-hydrogen) atoms. The van der Waals surface area contributed by atoms with Crippen molar-refractivity contribution in [2.45, 2.75) is 12.8 Å². The summed E-state index contributed by atoms with van der Waals surface area (Å²) in [6.07, 6.45) is 2.19. The highest BCUT2D eigenvalue weighted by atomic mass is 16.5. The Hall–Kier alpha value is -1.71. The number of anilines is 1. The Morgan fingerprint density at radius 1 is 1.38 bits per heavy atom. The van der Waals surface area contributed by atoms with Crippen LogP contribution in [0.5, 0.6) is 5.75 Å². The van der Waals surface area contributed by atoms with E-state index in [2.05, 4.69) is 0 Å². The van der Waals surface area contributed by atoms with Crippen LogP contribution < -0.4 is 10.5 Å². The van der Waals surface area contributed by atoms with Crippen LogP contribution in [0.4, 0.5) is 5.69 Å². The van der Waals surface area contributed by atoms with E-state index in [9.17, 15) is 4.79 Å². The van der Waals surface area contributed by atoms with Gasteiger partial charge in [-0.25, -0.2) is 0 Å². The molecule has 1 aromatic rings. The molecule has 1 amide bonds. The standard InChI is InChI=1S/C12H16N2O2/c1-16-11-8-9(4-5-10(11)13)12(15)14-6-2-3-7-14/h4-5,8H,2-3,6-7,13H2,1H3. The number of likely N-dealkylation sites (tertiary alicyclic amines) is 1. The summed E-state index contributed by atoms with van der Waals surface area (Å²) in [5.41, 5.74) is 6.91. The van der Waals surface area contributed by atoms with Gasteiger partial charge in [-0.1, -0.05) is 0 Å². The summed E-state index contributed by atoms with van der Waals surface area (Å²) < 4.78 is 5.10. The Bertz CT molecular complexity index is 398. The molecular formula is C12H16N2O2. The highest BCUT2D eigenvalue weighted by molar-refractivity contribution is 5.95. The number of hydrogen-bond donors (Lipinski definition) is 1. The molecule has 4 nitrogen and oxygen atoms in total. The molecule has 1 fully saturated rings. The fourth-order valence-corrected chi connectivity index (χ4v) is 1.95. The largest absolute Gasteiger partial charge is 0.495 e. The molecule has 4 heteroatoms. The zero-order valence-corrected chi connectivity index (χ0v) is 9.40. The Labute approximate surface area is 95.0 Å². The van der Waals surface area contributed by atoms with Crippen molar-refractivity contribution in [1.29, 1.82) is 0 Å². The number of methoxy groups -OCH3 is 1. The first-order valence-electron chi connectivity index (χ1n) is 5.45. The van der Waals surface area contributed by atoms with Crippen molar-refractivity contribution in [3.05, 3.63) is 23.8 Å². The van der Waals surface area contributed by atoms with Gasteiger partial charge in [0.1, 0.15) is 5.75 Å². The van der Waals surface area contributed by atoms with Gasteiger partial charge in [-0.15, -0.1) is 0 Å². The van der Waals surface area contributed by atoms with Gasteiger partial charge in [-0.3, -0.25) is 4.79 Å². The van der Waals surface area contributed by atoms with E-state index in [1.165, 1.54) is 0 Å². The van der Waals surface area contributed by atoms with Crippen LogP contribution in [0, 0.1) is 0 Å². The summed E-state index contributed by atoms with van der Waals surface area (Å²) in [5, 5.41) is 0. The zero-order chi connectivity index (χ0) is 11.5. The van der Waals surface area contributed by atoms with E-state index in [0.29, 0.717) is 17.0 Å². The van der Waals surface area contributed by atoms with Gasteiger partial charge in [0, 0.05) is 18.7 Å². The molecule has 2 rings (SSSR count). The van der Waals surface area contributed by atoms with Crippen molar-refractivity contribution < 1.29 is 9.53 Å². The Kier molecular flexibility index (Phi) is 2.99. The number of nitrogens with zero attached hydrogens (tertiary/aromatic N) is 1. The number of carbonyl (C=O) groups is 1. The molecule has 0 saturated carbocycles. The summed E-state index contributed by atoms with van der Waals surface area (Å²) in [7, 11) is 1.55. The van der Waals surface area contributed by atoms with Crippen molar-refractivity contribution in [3.63, 3.8) is 0 Å². The third-order valence-electron chi connectivity index (χ3n) is 2.87. The van der Waals surface area contributed by atoms with Gasteiger partial charge in [-0.05, 0) is 31.0 Å². The first kappa shape index (κ1) is 10.8. The first-order chi connectivity index (χ1) is 7.72. The molecule has 1 saturated heterocycles. The van der Waals surface area contributed by atoms with Gasteiger partial charge in [0.05, 0.1) is 12.8 Å². The lowest BCUT2D eigenvalue weighted by Gasteiger charge is -2.16. The second-order valence-corrected chi connectivity index (χ2v) is 3.96. The monoisotopic (exact) mass is 220 g/mol. The highest BCUT2D eigenvalue weighted by Crippen LogP contribution is 2.23. The van der Waals surface area contributed by atoms with Crippen molar-refractivity contribution >= 4 is 11.6 Å². The predicted molar refractivity (Wildman–Crippen MR) is 62.5 cm³/mol. The van der Waals surface area contributed by atoms with E-state index in [1.807, 2.05) is 4.90 Å². The lowest BCUT2D eigenvalue weighted by Crippen LogP contribution is -2.27. The Morgan fingerprint density at radius 3 is 2.69 bits per heavy atom. The minimum absolute atomic E-state index is 0.0656. The molecule has 86 valence electrons. The average molecular weight is 220 g/mol. The van der Waals surface area contributed by atoms with Gasteiger partial charge in [0.15, 0.2) is 0 Å². The summed E-state index contributed by atoms with van der Waals surface area (Å²) in [5.74, 6) is 0.626. The normalized spacial score (nSPS) is 15.2. The molecule has 1 heterocycles. The number of hydrogen-bond acceptors (Lipinski definition) is 3. The number of ether oxygens (including phenoxy) is 1. The Balaban J connectivity index is 2.22. The molecule has 0 aliphatic carbocycles. The lowest BCUT2D eigenvalue weighted by atomic mass is 10.1. The van der Waals surface area contributed by atoms with Crippen LogP contribution in [0.2, 0.25) is 0 Å². The van der Waals surface area contributed by atoms with Gasteiger partial charge >= 0.3 is 0 Å². The maximum Gasteiger partial charge on any atom is 0.253 e. The molecular weight excluding hydrogens is 204 g/mol. The predicted octanol–water partition coefficient (Wildman–Crippen LogP) is 1.51. The quantitative estimate of drug-likeness (QED) is 0.769. The molecule has 2 N–H and O–H groups in total. The molecule has 1 aromatic carbocycles. The van der Waals surface area contributed by atoms with Crippen molar-refractivity contribution in [3.8, 4) is 5.75 Å². The molecule has 0 radical (unpaired) electrons. The molecule has 1 aliphatic heterocycles. The smallest absolute Gasteiger partial charge is 0.253 e. The fourth-order valence-electron chi connectivity index (χ4n) is 1.95. The van der Waals surface area contributed by atoms with Crippen LogP contribution >= 0.6 is 0 Å². The second-order valence-electron chi connectivity index (χ2n) is 3.96. The van der Waals surface area contributed by atoms with Gasteiger partial charge in [-0.2, -0.15) is 0 Å². The number of carbonyl (C=O) groups excluding carboxylic acids is 1. The van der Waals surface area contributed by atoms with Crippen LogP contribution in [0.15, 0.2) is 18.2 Å². The van der Waals surface area contributed by atoms with E-state index in [4.69, 9.17) is 10.5 Å².